The van der Waals surface area contributed by atoms with Crippen LogP contribution in [0.5, 0.6) is 0 Å². The molecule has 3 rings (SSSR count). The Hall–Kier alpha value is -2.07. The number of aryl methyl sites for hydroxylation is 2. The van der Waals surface area contributed by atoms with Gasteiger partial charge in [0.25, 0.3) is 0 Å². The fraction of sp³-hybridized carbons (Fsp3) is 0.312. The minimum absolute atomic E-state index is 0.936. The Morgan fingerprint density at radius 2 is 2.10 bits per heavy atom. The molecule has 4 nitrogen and oxygen atoms in total. The first-order valence-electron chi connectivity index (χ1n) is 7.04. The highest BCUT2D eigenvalue weighted by Crippen LogP contribution is 2.11. The molecule has 0 fully saturated rings. The van der Waals surface area contributed by atoms with Crippen LogP contribution in [0.1, 0.15) is 12.0 Å². The largest absolute Gasteiger partial charge is 0.357 e. The van der Waals surface area contributed by atoms with Gasteiger partial charge >= 0.3 is 0 Å². The number of benzene rings is 1. The zero-order valence-corrected chi connectivity index (χ0v) is 11.8. The van der Waals surface area contributed by atoms with Crippen LogP contribution >= 0.6 is 0 Å². The van der Waals surface area contributed by atoms with Crippen LogP contribution in [0.4, 0.5) is 0 Å². The Morgan fingerprint density at radius 3 is 2.95 bits per heavy atom. The smallest absolute Gasteiger partial charge is 0.0958 e. The zero-order valence-electron chi connectivity index (χ0n) is 11.8. The second kappa shape index (κ2) is 5.92. The lowest BCUT2D eigenvalue weighted by molar-refractivity contribution is 0.588. The second-order valence-electron chi connectivity index (χ2n) is 5.14. The molecule has 4 heteroatoms. The monoisotopic (exact) mass is 268 g/mol. The van der Waals surface area contributed by atoms with E-state index < -0.39 is 0 Å². The highest BCUT2D eigenvalue weighted by molar-refractivity contribution is 5.74. The molecule has 0 unspecified atom stereocenters. The third-order valence-corrected chi connectivity index (χ3v) is 3.50. The van der Waals surface area contributed by atoms with Crippen molar-refractivity contribution in [2.24, 2.45) is 7.05 Å². The van der Waals surface area contributed by atoms with Crippen molar-refractivity contribution in [2.75, 3.05) is 6.54 Å². The van der Waals surface area contributed by atoms with Crippen LogP contribution in [0.15, 0.2) is 49.1 Å². The number of imidazole rings is 1. The third kappa shape index (κ3) is 2.91. The molecule has 0 aliphatic carbocycles. The highest BCUT2D eigenvalue weighted by Gasteiger charge is 2.00. The van der Waals surface area contributed by atoms with Crippen molar-refractivity contribution in [1.29, 1.82) is 0 Å². The number of nitrogens with zero attached hydrogens (tertiary/aromatic N) is 3. The Kier molecular flexibility index (Phi) is 3.83. The number of para-hydroxylation sites is 2. The third-order valence-electron chi connectivity index (χ3n) is 3.50. The molecule has 0 amide bonds. The van der Waals surface area contributed by atoms with Gasteiger partial charge in [-0.3, -0.25) is 0 Å². The van der Waals surface area contributed by atoms with E-state index in [0.29, 0.717) is 0 Å². The van der Waals surface area contributed by atoms with E-state index in [1.54, 1.807) is 0 Å². The summed E-state index contributed by atoms with van der Waals surface area (Å²) in [6.07, 6.45) is 7.26. The van der Waals surface area contributed by atoms with Crippen LogP contribution in [0.3, 0.4) is 0 Å². The lowest BCUT2D eigenvalue weighted by Gasteiger charge is -2.05. The SMILES string of the molecule is Cn1ccc(CNCCCn2cnc3ccccc32)c1. The van der Waals surface area contributed by atoms with Gasteiger partial charge in [-0.2, -0.15) is 0 Å². The van der Waals surface area contributed by atoms with Gasteiger partial charge in [-0.15, -0.1) is 0 Å². The maximum absolute atomic E-state index is 4.41. The summed E-state index contributed by atoms with van der Waals surface area (Å²) < 4.78 is 4.30. The van der Waals surface area contributed by atoms with Crippen LogP contribution in [0.25, 0.3) is 11.0 Å². The minimum atomic E-state index is 0.936. The Bertz CT molecular complexity index is 680. The van der Waals surface area contributed by atoms with Crippen LogP contribution in [-0.2, 0) is 20.1 Å². The first-order chi connectivity index (χ1) is 9.83. The predicted octanol–water partition coefficient (Wildman–Crippen LogP) is 2.55. The topological polar surface area (TPSA) is 34.8 Å². The van der Waals surface area contributed by atoms with Crippen molar-refractivity contribution < 1.29 is 0 Å². The first kappa shape index (κ1) is 12.9. The van der Waals surface area contributed by atoms with Crippen LogP contribution in [0, 0.1) is 0 Å². The first-order valence-corrected chi connectivity index (χ1v) is 7.04. The molecule has 1 N–H and O–H groups in total. The van der Waals surface area contributed by atoms with Crippen molar-refractivity contribution in [1.82, 2.24) is 19.4 Å². The molecule has 0 spiro atoms. The maximum Gasteiger partial charge on any atom is 0.0958 e. The standard InChI is InChI=1S/C16H20N4/c1-19-10-7-14(12-19)11-17-8-4-9-20-13-18-15-5-2-3-6-16(15)20/h2-3,5-7,10,12-13,17H,4,8-9,11H2,1H3. The van der Waals surface area contributed by atoms with Gasteiger partial charge in [-0.1, -0.05) is 12.1 Å². The summed E-state index contributed by atoms with van der Waals surface area (Å²) in [6, 6.07) is 10.4. The molecule has 0 aliphatic heterocycles. The lowest BCUT2D eigenvalue weighted by Crippen LogP contribution is -2.16. The van der Waals surface area contributed by atoms with Crippen molar-refractivity contribution in [3.63, 3.8) is 0 Å². The molecular formula is C16H20N4. The number of hydrogen-bond donors (Lipinski definition) is 1. The lowest BCUT2D eigenvalue weighted by atomic mass is 10.3. The van der Waals surface area contributed by atoms with Crippen molar-refractivity contribution >= 4 is 11.0 Å². The summed E-state index contributed by atoms with van der Waals surface area (Å²) in [5.74, 6) is 0. The average Bonchev–Trinajstić information content (AvgIpc) is 3.05. The van der Waals surface area contributed by atoms with E-state index in [1.807, 2.05) is 19.4 Å². The number of fused-ring (bicyclic) bond motifs is 1. The number of aromatic nitrogens is 3. The normalized spacial score (nSPS) is 11.2. The fourth-order valence-corrected chi connectivity index (χ4v) is 2.46. The Labute approximate surface area is 119 Å². The highest BCUT2D eigenvalue weighted by atomic mass is 15.0. The van der Waals surface area contributed by atoms with Gasteiger partial charge in [0.2, 0.25) is 0 Å². The molecule has 0 radical (unpaired) electrons. The van der Waals surface area contributed by atoms with Gasteiger partial charge in [-0.05, 0) is 36.7 Å². The number of hydrogen-bond acceptors (Lipinski definition) is 2. The molecule has 20 heavy (non-hydrogen) atoms. The quantitative estimate of drug-likeness (QED) is 0.697. The summed E-state index contributed by atoms with van der Waals surface area (Å²) in [5, 5.41) is 3.48. The van der Waals surface area contributed by atoms with Gasteiger partial charge in [0, 0.05) is 32.5 Å². The minimum Gasteiger partial charge on any atom is -0.357 e. The van der Waals surface area contributed by atoms with E-state index in [1.165, 1.54) is 11.1 Å². The Morgan fingerprint density at radius 1 is 1.20 bits per heavy atom. The summed E-state index contributed by atoms with van der Waals surface area (Å²) in [5.41, 5.74) is 3.63. The van der Waals surface area contributed by atoms with E-state index in [4.69, 9.17) is 0 Å². The number of nitrogens with one attached hydrogen (secondary N) is 1. The van der Waals surface area contributed by atoms with Crippen molar-refractivity contribution in [3.05, 3.63) is 54.6 Å². The molecule has 1 aromatic carbocycles. The van der Waals surface area contributed by atoms with E-state index in [2.05, 4.69) is 56.1 Å². The maximum atomic E-state index is 4.41. The molecule has 0 saturated heterocycles. The van der Waals surface area contributed by atoms with Gasteiger partial charge in [-0.25, -0.2) is 4.98 Å². The van der Waals surface area contributed by atoms with Gasteiger partial charge in [0.05, 0.1) is 17.4 Å². The van der Waals surface area contributed by atoms with Gasteiger partial charge < -0.3 is 14.5 Å². The molecule has 3 aromatic rings. The van der Waals surface area contributed by atoms with Gasteiger partial charge in [0.15, 0.2) is 0 Å². The van der Waals surface area contributed by atoms with Crippen LogP contribution < -0.4 is 5.32 Å². The predicted molar refractivity (Wildman–Crippen MR) is 81.5 cm³/mol. The molecule has 0 bridgehead atoms. The van der Waals surface area contributed by atoms with E-state index >= 15 is 0 Å². The molecule has 0 aliphatic rings. The van der Waals surface area contributed by atoms with E-state index in [9.17, 15) is 0 Å². The number of rotatable bonds is 6. The molecule has 104 valence electrons. The molecule has 2 aromatic heterocycles. The molecular weight excluding hydrogens is 248 g/mol. The van der Waals surface area contributed by atoms with E-state index in [0.717, 1.165) is 31.6 Å². The Balaban J connectivity index is 1.46. The fourth-order valence-electron chi connectivity index (χ4n) is 2.46. The van der Waals surface area contributed by atoms with Crippen LogP contribution in [-0.4, -0.2) is 20.7 Å². The van der Waals surface area contributed by atoms with Gasteiger partial charge in [0.1, 0.15) is 0 Å². The van der Waals surface area contributed by atoms with E-state index in [-0.39, 0.29) is 0 Å². The second-order valence-corrected chi connectivity index (χ2v) is 5.14. The summed E-state index contributed by atoms with van der Waals surface area (Å²) in [6.45, 7) is 2.95. The molecule has 2 heterocycles. The van der Waals surface area contributed by atoms with Crippen LogP contribution in [0.2, 0.25) is 0 Å². The zero-order chi connectivity index (χ0) is 13.8. The molecule has 0 saturated carbocycles. The summed E-state index contributed by atoms with van der Waals surface area (Å²) in [4.78, 5) is 4.41. The summed E-state index contributed by atoms with van der Waals surface area (Å²) in [7, 11) is 2.05. The average molecular weight is 268 g/mol. The summed E-state index contributed by atoms with van der Waals surface area (Å²) >= 11 is 0. The van der Waals surface area contributed by atoms with Crippen molar-refractivity contribution in [2.45, 2.75) is 19.5 Å². The molecule has 0 atom stereocenters. The van der Waals surface area contributed by atoms with Crippen molar-refractivity contribution in [3.8, 4) is 0 Å².